The molecular weight excluding hydrogens is 233 g/mol. The van der Waals surface area contributed by atoms with Crippen molar-refractivity contribution in [2.45, 2.75) is 11.6 Å². The predicted molar refractivity (Wildman–Crippen MR) is 52.3 cm³/mol. The van der Waals surface area contributed by atoms with Crippen LogP contribution in [0.4, 0.5) is 0 Å². The van der Waals surface area contributed by atoms with Gasteiger partial charge < -0.3 is 5.11 Å². The number of hydrogen-bond acceptors (Lipinski definition) is 5. The lowest BCUT2D eigenvalue weighted by Gasteiger charge is -1.98. The van der Waals surface area contributed by atoms with Crippen molar-refractivity contribution in [3.8, 4) is 0 Å². The van der Waals surface area contributed by atoms with E-state index in [1.807, 2.05) is 0 Å². The second-order valence-corrected chi connectivity index (χ2v) is 3.82. The van der Waals surface area contributed by atoms with Crippen molar-refractivity contribution in [1.29, 1.82) is 0 Å². The van der Waals surface area contributed by atoms with E-state index >= 15 is 0 Å². The van der Waals surface area contributed by atoms with Crippen LogP contribution in [0.1, 0.15) is 6.42 Å². The van der Waals surface area contributed by atoms with Crippen molar-refractivity contribution in [3.63, 3.8) is 0 Å². The Balaban J connectivity index is 2.56. The highest BCUT2D eigenvalue weighted by Crippen LogP contribution is 2.16. The topological polar surface area (TPSA) is 58.9 Å². The zero-order valence-electron chi connectivity index (χ0n) is 6.57. The molecule has 1 rings (SSSR count). The summed E-state index contributed by atoms with van der Waals surface area (Å²) in [6.07, 6.45) is 0.686. The van der Waals surface area contributed by atoms with E-state index in [1.54, 1.807) is 0 Å². The van der Waals surface area contributed by atoms with Crippen molar-refractivity contribution in [2.75, 3.05) is 12.4 Å². The molecule has 0 fully saturated rings. The molecule has 13 heavy (non-hydrogen) atoms. The van der Waals surface area contributed by atoms with Crippen molar-refractivity contribution < 1.29 is 5.11 Å². The monoisotopic (exact) mass is 239 g/mol. The lowest BCUT2D eigenvalue weighted by atomic mass is 10.5. The molecule has 0 saturated heterocycles. The quantitative estimate of drug-likeness (QED) is 0.640. The number of rotatable bonds is 4. The molecule has 0 aromatic carbocycles. The first kappa shape index (κ1) is 11.0. The fourth-order valence-electron chi connectivity index (χ4n) is 0.602. The second kappa shape index (κ2) is 5.59. The molecule has 7 heteroatoms. The number of hydrogen-bond donors (Lipinski definition) is 1. The molecular formula is C6H7Cl2N3OS. The Bertz CT molecular complexity index is 266. The van der Waals surface area contributed by atoms with Gasteiger partial charge in [0.15, 0.2) is 5.16 Å². The van der Waals surface area contributed by atoms with E-state index in [0.29, 0.717) is 11.6 Å². The number of aliphatic hydroxyl groups excluding tert-OH is 1. The molecule has 0 bridgehead atoms. The van der Waals surface area contributed by atoms with Crippen LogP contribution < -0.4 is 0 Å². The number of thioether (sulfide) groups is 1. The molecule has 0 aliphatic heterocycles. The minimum absolute atomic E-state index is 0.0894. The highest BCUT2D eigenvalue weighted by atomic mass is 35.5. The van der Waals surface area contributed by atoms with Gasteiger partial charge in [0.1, 0.15) is 0 Å². The summed E-state index contributed by atoms with van der Waals surface area (Å²) >= 11 is 12.5. The van der Waals surface area contributed by atoms with Gasteiger partial charge in [0.25, 0.3) is 0 Å². The van der Waals surface area contributed by atoms with Gasteiger partial charge in [0, 0.05) is 12.4 Å². The standard InChI is InChI=1S/C6H7Cl2N3OS/c7-4-9-5(8)11-6(10-4)13-3-1-2-12/h12H,1-3H2. The maximum atomic E-state index is 8.53. The summed E-state index contributed by atoms with van der Waals surface area (Å²) in [5.41, 5.74) is 0. The fraction of sp³-hybridized carbons (Fsp3) is 0.500. The first-order valence-electron chi connectivity index (χ1n) is 3.53. The maximum absolute atomic E-state index is 8.53. The Morgan fingerprint density at radius 2 is 1.77 bits per heavy atom. The molecule has 0 spiro atoms. The summed E-state index contributed by atoms with van der Waals surface area (Å²) in [5.74, 6) is 0.729. The minimum atomic E-state index is 0.0894. The molecule has 1 aromatic heterocycles. The van der Waals surface area contributed by atoms with E-state index in [9.17, 15) is 0 Å². The number of nitrogens with zero attached hydrogens (tertiary/aromatic N) is 3. The molecule has 4 nitrogen and oxygen atoms in total. The lowest BCUT2D eigenvalue weighted by molar-refractivity contribution is 0.296. The molecule has 0 aliphatic rings. The summed E-state index contributed by atoms with van der Waals surface area (Å²) < 4.78 is 0. The van der Waals surface area contributed by atoms with Crippen molar-refractivity contribution in [3.05, 3.63) is 10.6 Å². The molecule has 0 unspecified atom stereocenters. The van der Waals surface area contributed by atoms with Crippen LogP contribution in [0.25, 0.3) is 0 Å². The van der Waals surface area contributed by atoms with Crippen LogP contribution in [0.15, 0.2) is 5.16 Å². The van der Waals surface area contributed by atoms with Gasteiger partial charge in [-0.15, -0.1) is 0 Å². The van der Waals surface area contributed by atoms with Crippen LogP contribution in [-0.4, -0.2) is 32.4 Å². The minimum Gasteiger partial charge on any atom is -0.396 e. The van der Waals surface area contributed by atoms with E-state index in [2.05, 4.69) is 15.0 Å². The molecule has 72 valence electrons. The number of aliphatic hydroxyl groups is 1. The van der Waals surface area contributed by atoms with Crippen LogP contribution in [0.5, 0.6) is 0 Å². The van der Waals surface area contributed by atoms with Gasteiger partial charge in [-0.2, -0.15) is 15.0 Å². The largest absolute Gasteiger partial charge is 0.396 e. The van der Waals surface area contributed by atoms with Gasteiger partial charge in [-0.1, -0.05) is 11.8 Å². The molecule has 0 atom stereocenters. The van der Waals surface area contributed by atoms with Gasteiger partial charge in [0.2, 0.25) is 10.6 Å². The SMILES string of the molecule is OCCCSc1nc(Cl)nc(Cl)n1. The van der Waals surface area contributed by atoms with Crippen LogP contribution in [-0.2, 0) is 0 Å². The summed E-state index contributed by atoms with van der Waals surface area (Å²) in [6, 6.07) is 0. The van der Waals surface area contributed by atoms with E-state index in [0.717, 1.165) is 5.75 Å². The molecule has 0 radical (unpaired) electrons. The van der Waals surface area contributed by atoms with Crippen LogP contribution >= 0.6 is 35.0 Å². The molecule has 1 aromatic rings. The molecule has 1 N–H and O–H groups in total. The Hall–Kier alpha value is -0.100. The van der Waals surface area contributed by atoms with E-state index in [-0.39, 0.29) is 17.2 Å². The van der Waals surface area contributed by atoms with Crippen LogP contribution in [0.2, 0.25) is 10.6 Å². The lowest BCUT2D eigenvalue weighted by Crippen LogP contribution is -1.93. The smallest absolute Gasteiger partial charge is 0.227 e. The average Bonchev–Trinajstić information content (AvgIpc) is 2.03. The maximum Gasteiger partial charge on any atom is 0.227 e. The van der Waals surface area contributed by atoms with Gasteiger partial charge in [-0.05, 0) is 29.6 Å². The van der Waals surface area contributed by atoms with Crippen LogP contribution in [0.3, 0.4) is 0 Å². The Morgan fingerprint density at radius 3 is 2.31 bits per heavy atom. The third kappa shape index (κ3) is 4.08. The van der Waals surface area contributed by atoms with Gasteiger partial charge in [-0.3, -0.25) is 0 Å². The van der Waals surface area contributed by atoms with E-state index in [1.165, 1.54) is 11.8 Å². The Labute approximate surface area is 89.7 Å². The second-order valence-electron chi connectivity index (χ2n) is 2.08. The first-order chi connectivity index (χ1) is 6.22. The van der Waals surface area contributed by atoms with Gasteiger partial charge in [0.05, 0.1) is 0 Å². The molecule has 0 saturated carbocycles. The summed E-state index contributed by atoms with van der Waals surface area (Å²) in [7, 11) is 0. The van der Waals surface area contributed by atoms with Gasteiger partial charge >= 0.3 is 0 Å². The third-order valence-corrected chi connectivity index (χ3v) is 2.37. The Kier molecular flexibility index (Phi) is 4.72. The normalized spacial score (nSPS) is 10.4. The van der Waals surface area contributed by atoms with Crippen molar-refractivity contribution in [2.24, 2.45) is 0 Å². The average molecular weight is 240 g/mol. The highest BCUT2D eigenvalue weighted by Gasteiger charge is 2.02. The Morgan fingerprint density at radius 1 is 1.15 bits per heavy atom. The fourth-order valence-corrected chi connectivity index (χ4v) is 1.82. The summed E-state index contributed by atoms with van der Waals surface area (Å²) in [4.78, 5) is 11.3. The predicted octanol–water partition coefficient (Wildman–Crippen LogP) is 1.65. The number of halogens is 2. The summed E-state index contributed by atoms with van der Waals surface area (Å²) in [6.45, 7) is 0.152. The van der Waals surface area contributed by atoms with Gasteiger partial charge in [-0.25, -0.2) is 0 Å². The molecule has 0 amide bonds. The number of aromatic nitrogens is 3. The van der Waals surface area contributed by atoms with E-state index in [4.69, 9.17) is 28.3 Å². The van der Waals surface area contributed by atoms with E-state index < -0.39 is 0 Å². The highest BCUT2D eigenvalue weighted by molar-refractivity contribution is 7.99. The van der Waals surface area contributed by atoms with Crippen LogP contribution in [0, 0.1) is 0 Å². The zero-order chi connectivity index (χ0) is 9.68. The van der Waals surface area contributed by atoms with Crippen molar-refractivity contribution >= 4 is 35.0 Å². The summed E-state index contributed by atoms with van der Waals surface area (Å²) in [5, 5.41) is 9.20. The first-order valence-corrected chi connectivity index (χ1v) is 5.27. The zero-order valence-corrected chi connectivity index (χ0v) is 8.90. The third-order valence-electron chi connectivity index (χ3n) is 1.09. The molecule has 1 heterocycles. The van der Waals surface area contributed by atoms with Crippen molar-refractivity contribution in [1.82, 2.24) is 15.0 Å². The molecule has 0 aliphatic carbocycles.